The molecule has 0 fully saturated rings. The standard InChI is InChI=1S/C15H28O2/c1-4-14(15(16)17)12-10-8-6-5-7-9-11-13(2)3/h4,13-14H,1,5-12H2,2-3H3,(H,16,17). The lowest BCUT2D eigenvalue weighted by Crippen LogP contribution is -2.10. The molecule has 0 radical (unpaired) electrons. The number of aliphatic carboxylic acids is 1. The molecule has 0 saturated carbocycles. The Morgan fingerprint density at radius 2 is 1.53 bits per heavy atom. The van der Waals surface area contributed by atoms with E-state index in [4.69, 9.17) is 5.11 Å². The first kappa shape index (κ1) is 16.2. The first-order valence-electron chi connectivity index (χ1n) is 6.93. The molecule has 2 heteroatoms. The second-order valence-corrected chi connectivity index (χ2v) is 5.27. The molecule has 0 aliphatic rings. The molecule has 1 N–H and O–H groups in total. The van der Waals surface area contributed by atoms with E-state index in [1.807, 2.05) is 0 Å². The quantitative estimate of drug-likeness (QED) is 0.421. The summed E-state index contributed by atoms with van der Waals surface area (Å²) in [6.45, 7) is 8.09. The third-order valence-electron chi connectivity index (χ3n) is 3.15. The van der Waals surface area contributed by atoms with E-state index < -0.39 is 5.97 Å². The van der Waals surface area contributed by atoms with Gasteiger partial charge >= 0.3 is 5.97 Å². The van der Waals surface area contributed by atoms with E-state index in [2.05, 4.69) is 20.4 Å². The van der Waals surface area contributed by atoms with Gasteiger partial charge in [-0.05, 0) is 12.3 Å². The average molecular weight is 240 g/mol. The summed E-state index contributed by atoms with van der Waals surface area (Å²) >= 11 is 0. The molecule has 0 rings (SSSR count). The Labute approximate surface area is 106 Å². The number of carboxylic acids is 1. The molecule has 0 aromatic rings. The number of carboxylic acid groups (broad SMARTS) is 1. The van der Waals surface area contributed by atoms with Crippen molar-refractivity contribution < 1.29 is 9.90 Å². The first-order chi connectivity index (χ1) is 8.07. The highest BCUT2D eigenvalue weighted by Gasteiger charge is 2.11. The Kier molecular flexibility index (Phi) is 9.89. The summed E-state index contributed by atoms with van der Waals surface area (Å²) in [6.07, 6.45) is 11.0. The van der Waals surface area contributed by atoms with Crippen LogP contribution in [0.3, 0.4) is 0 Å². The molecule has 0 bridgehead atoms. The summed E-state index contributed by atoms with van der Waals surface area (Å²) in [7, 11) is 0. The summed E-state index contributed by atoms with van der Waals surface area (Å²) in [5.41, 5.74) is 0. The zero-order valence-corrected chi connectivity index (χ0v) is 11.5. The van der Waals surface area contributed by atoms with Crippen LogP contribution in [-0.4, -0.2) is 11.1 Å². The third kappa shape index (κ3) is 10.1. The molecule has 0 saturated heterocycles. The maximum atomic E-state index is 10.7. The summed E-state index contributed by atoms with van der Waals surface area (Å²) < 4.78 is 0. The van der Waals surface area contributed by atoms with E-state index in [9.17, 15) is 4.79 Å². The number of unbranched alkanes of at least 4 members (excludes halogenated alkanes) is 5. The molecule has 2 nitrogen and oxygen atoms in total. The van der Waals surface area contributed by atoms with Gasteiger partial charge in [-0.3, -0.25) is 4.79 Å². The van der Waals surface area contributed by atoms with Gasteiger partial charge in [0.25, 0.3) is 0 Å². The van der Waals surface area contributed by atoms with Gasteiger partial charge in [0.1, 0.15) is 0 Å². The van der Waals surface area contributed by atoms with Crippen LogP contribution >= 0.6 is 0 Å². The van der Waals surface area contributed by atoms with Crippen LogP contribution < -0.4 is 0 Å². The molecule has 0 aliphatic carbocycles. The lowest BCUT2D eigenvalue weighted by atomic mass is 9.99. The van der Waals surface area contributed by atoms with Crippen molar-refractivity contribution in [3.63, 3.8) is 0 Å². The van der Waals surface area contributed by atoms with E-state index in [0.717, 1.165) is 25.2 Å². The van der Waals surface area contributed by atoms with Crippen LogP contribution in [0.2, 0.25) is 0 Å². The van der Waals surface area contributed by atoms with Crippen molar-refractivity contribution >= 4 is 5.97 Å². The summed E-state index contributed by atoms with van der Waals surface area (Å²) in [6, 6.07) is 0. The monoisotopic (exact) mass is 240 g/mol. The number of carbonyl (C=O) groups is 1. The normalized spacial score (nSPS) is 12.6. The van der Waals surface area contributed by atoms with Crippen LogP contribution in [0.25, 0.3) is 0 Å². The Morgan fingerprint density at radius 1 is 1.06 bits per heavy atom. The summed E-state index contributed by atoms with van der Waals surface area (Å²) in [5.74, 6) is -0.271. The van der Waals surface area contributed by atoms with E-state index >= 15 is 0 Å². The van der Waals surface area contributed by atoms with Crippen LogP contribution in [0.5, 0.6) is 0 Å². The minimum absolute atomic E-state index is 0.351. The second-order valence-electron chi connectivity index (χ2n) is 5.27. The molecular formula is C15H28O2. The van der Waals surface area contributed by atoms with Crippen LogP contribution in [-0.2, 0) is 4.79 Å². The van der Waals surface area contributed by atoms with Gasteiger partial charge in [0, 0.05) is 0 Å². The van der Waals surface area contributed by atoms with Crippen LogP contribution in [0.4, 0.5) is 0 Å². The van der Waals surface area contributed by atoms with Crippen molar-refractivity contribution in [3.8, 4) is 0 Å². The van der Waals surface area contributed by atoms with E-state index in [1.54, 1.807) is 6.08 Å². The maximum absolute atomic E-state index is 10.7. The SMILES string of the molecule is C=CC(CCCCCCCCC(C)C)C(=O)O. The van der Waals surface area contributed by atoms with Crippen molar-refractivity contribution in [2.75, 3.05) is 0 Å². The molecule has 0 aliphatic heterocycles. The molecule has 0 spiro atoms. The predicted octanol–water partition coefficient (Wildman–Crippen LogP) is 4.65. The van der Waals surface area contributed by atoms with E-state index in [-0.39, 0.29) is 5.92 Å². The van der Waals surface area contributed by atoms with Gasteiger partial charge in [0.05, 0.1) is 5.92 Å². The van der Waals surface area contributed by atoms with Crippen molar-refractivity contribution in [1.29, 1.82) is 0 Å². The fourth-order valence-corrected chi connectivity index (χ4v) is 1.97. The smallest absolute Gasteiger partial charge is 0.310 e. The highest BCUT2D eigenvalue weighted by molar-refractivity contribution is 5.71. The zero-order chi connectivity index (χ0) is 13.1. The molecule has 1 unspecified atom stereocenters. The molecule has 0 aromatic heterocycles. The van der Waals surface area contributed by atoms with E-state index in [0.29, 0.717) is 0 Å². The predicted molar refractivity (Wildman–Crippen MR) is 73.1 cm³/mol. The fourth-order valence-electron chi connectivity index (χ4n) is 1.97. The van der Waals surface area contributed by atoms with Crippen molar-refractivity contribution in [3.05, 3.63) is 12.7 Å². The highest BCUT2D eigenvalue weighted by Crippen LogP contribution is 2.15. The number of rotatable bonds is 11. The van der Waals surface area contributed by atoms with Crippen LogP contribution in [0, 0.1) is 11.8 Å². The van der Waals surface area contributed by atoms with E-state index in [1.165, 1.54) is 32.1 Å². The Hall–Kier alpha value is -0.790. The molecular weight excluding hydrogens is 212 g/mol. The molecule has 0 heterocycles. The Morgan fingerprint density at radius 3 is 1.94 bits per heavy atom. The second kappa shape index (κ2) is 10.4. The van der Waals surface area contributed by atoms with Crippen molar-refractivity contribution in [2.24, 2.45) is 11.8 Å². The molecule has 0 amide bonds. The average Bonchev–Trinajstić information content (AvgIpc) is 2.26. The summed E-state index contributed by atoms with van der Waals surface area (Å²) in [4.78, 5) is 10.7. The topological polar surface area (TPSA) is 37.3 Å². The Bertz CT molecular complexity index is 209. The van der Waals surface area contributed by atoms with Crippen molar-refractivity contribution in [2.45, 2.75) is 65.2 Å². The minimum atomic E-state index is -0.739. The van der Waals surface area contributed by atoms with Crippen molar-refractivity contribution in [1.82, 2.24) is 0 Å². The third-order valence-corrected chi connectivity index (χ3v) is 3.15. The lowest BCUT2D eigenvalue weighted by Gasteiger charge is -2.07. The lowest BCUT2D eigenvalue weighted by molar-refractivity contribution is -0.140. The zero-order valence-electron chi connectivity index (χ0n) is 11.5. The fraction of sp³-hybridized carbons (Fsp3) is 0.800. The molecule has 0 aromatic carbocycles. The molecule has 100 valence electrons. The van der Waals surface area contributed by atoms with Gasteiger partial charge < -0.3 is 5.11 Å². The van der Waals surface area contributed by atoms with Gasteiger partial charge in [0.2, 0.25) is 0 Å². The van der Waals surface area contributed by atoms with Crippen LogP contribution in [0.1, 0.15) is 65.2 Å². The van der Waals surface area contributed by atoms with Gasteiger partial charge in [-0.15, -0.1) is 6.58 Å². The van der Waals surface area contributed by atoms with Gasteiger partial charge in [0.15, 0.2) is 0 Å². The number of hydrogen-bond acceptors (Lipinski definition) is 1. The van der Waals surface area contributed by atoms with Gasteiger partial charge in [-0.25, -0.2) is 0 Å². The maximum Gasteiger partial charge on any atom is 0.310 e. The Balaban J connectivity index is 3.28. The number of hydrogen-bond donors (Lipinski definition) is 1. The first-order valence-corrected chi connectivity index (χ1v) is 6.93. The largest absolute Gasteiger partial charge is 0.481 e. The molecule has 17 heavy (non-hydrogen) atoms. The summed E-state index contributed by atoms with van der Waals surface area (Å²) in [5, 5.41) is 8.83. The van der Waals surface area contributed by atoms with Gasteiger partial charge in [-0.1, -0.05) is 64.9 Å². The minimum Gasteiger partial charge on any atom is -0.481 e. The van der Waals surface area contributed by atoms with Crippen LogP contribution in [0.15, 0.2) is 12.7 Å². The highest BCUT2D eigenvalue weighted by atomic mass is 16.4. The van der Waals surface area contributed by atoms with Gasteiger partial charge in [-0.2, -0.15) is 0 Å². The molecule has 1 atom stereocenters.